The molecule has 4 rings (SSSR count). The first-order valence-corrected chi connectivity index (χ1v) is 6.91. The average molecular weight is 265 g/mol. The molecule has 1 N–H and O–H groups in total. The molecule has 100 valence electrons. The highest BCUT2D eigenvalue weighted by Crippen LogP contribution is 2.36. The van der Waals surface area contributed by atoms with Crippen LogP contribution >= 0.6 is 0 Å². The van der Waals surface area contributed by atoms with Crippen molar-refractivity contribution in [2.24, 2.45) is 0 Å². The van der Waals surface area contributed by atoms with Gasteiger partial charge in [-0.3, -0.25) is 4.79 Å². The van der Waals surface area contributed by atoms with E-state index >= 15 is 0 Å². The number of hydrogen-bond donors (Lipinski definition) is 1. The van der Waals surface area contributed by atoms with Gasteiger partial charge in [-0.15, -0.1) is 0 Å². The van der Waals surface area contributed by atoms with Crippen molar-refractivity contribution in [2.45, 2.75) is 12.5 Å². The minimum Gasteiger partial charge on any atom is -0.389 e. The summed E-state index contributed by atoms with van der Waals surface area (Å²) in [5, 5.41) is 9.29. The first-order chi connectivity index (χ1) is 9.72. The first kappa shape index (κ1) is 11.7. The molecule has 0 atom stereocenters. The fraction of sp³-hybridized carbons (Fsp3) is 0.235. The summed E-state index contributed by atoms with van der Waals surface area (Å²) >= 11 is 0. The molecule has 1 fully saturated rings. The van der Waals surface area contributed by atoms with E-state index in [0.29, 0.717) is 13.1 Å². The number of amides is 1. The predicted octanol–water partition coefficient (Wildman–Crippen LogP) is 2.07. The zero-order valence-electron chi connectivity index (χ0n) is 11.0. The summed E-state index contributed by atoms with van der Waals surface area (Å²) in [7, 11) is 0. The number of benzene rings is 2. The third-order valence-electron chi connectivity index (χ3n) is 4.19. The molecule has 0 aromatic heterocycles. The second-order valence-electron chi connectivity index (χ2n) is 5.57. The van der Waals surface area contributed by atoms with Crippen LogP contribution in [0.5, 0.6) is 0 Å². The average Bonchev–Trinajstić information content (AvgIpc) is 2.80. The Kier molecular flexibility index (Phi) is 2.44. The van der Waals surface area contributed by atoms with E-state index < -0.39 is 0 Å². The fourth-order valence-electron chi connectivity index (χ4n) is 3.08. The molecule has 1 amide bonds. The van der Waals surface area contributed by atoms with Gasteiger partial charge in [0, 0.05) is 18.7 Å². The van der Waals surface area contributed by atoms with Crippen LogP contribution in [0.15, 0.2) is 42.5 Å². The van der Waals surface area contributed by atoms with Crippen LogP contribution in [0.3, 0.4) is 0 Å². The lowest BCUT2D eigenvalue weighted by Crippen LogP contribution is -2.53. The highest BCUT2D eigenvalue weighted by atomic mass is 16.3. The smallest absolute Gasteiger partial charge is 0.254 e. The topological polar surface area (TPSA) is 40.5 Å². The fourth-order valence-corrected chi connectivity index (χ4v) is 3.08. The maximum absolute atomic E-state index is 12.3. The Hall–Kier alpha value is -2.13. The molecule has 1 aliphatic carbocycles. The predicted molar refractivity (Wildman–Crippen MR) is 76.6 cm³/mol. The van der Waals surface area contributed by atoms with Gasteiger partial charge in [-0.25, -0.2) is 0 Å². The lowest BCUT2D eigenvalue weighted by molar-refractivity contribution is 0.00589. The summed E-state index contributed by atoms with van der Waals surface area (Å²) in [5.74, 6) is 0.0223. The SMILES string of the molecule is O=C(c1ccc2c(c1)Cc1ccccc1-2)N1CC(O)C1. The van der Waals surface area contributed by atoms with E-state index in [1.165, 1.54) is 22.3 Å². The molecule has 3 nitrogen and oxygen atoms in total. The number of aliphatic hydroxyl groups excluding tert-OH is 1. The largest absolute Gasteiger partial charge is 0.389 e. The Bertz CT molecular complexity index is 702. The molecule has 2 aromatic carbocycles. The quantitative estimate of drug-likeness (QED) is 0.732. The second kappa shape index (κ2) is 4.18. The highest BCUT2D eigenvalue weighted by Gasteiger charge is 2.30. The third kappa shape index (κ3) is 1.67. The number of carbonyl (C=O) groups is 1. The summed E-state index contributed by atoms with van der Waals surface area (Å²) in [6.45, 7) is 0.909. The minimum absolute atomic E-state index is 0.0223. The molecule has 3 heteroatoms. The summed E-state index contributed by atoms with van der Waals surface area (Å²) in [5.41, 5.74) is 5.79. The number of nitrogens with zero attached hydrogens (tertiary/aromatic N) is 1. The maximum Gasteiger partial charge on any atom is 0.254 e. The maximum atomic E-state index is 12.3. The van der Waals surface area contributed by atoms with Crippen molar-refractivity contribution in [3.8, 4) is 11.1 Å². The minimum atomic E-state index is -0.349. The molecule has 2 aliphatic rings. The summed E-state index contributed by atoms with van der Waals surface area (Å²) in [6, 6.07) is 14.3. The van der Waals surface area contributed by atoms with Gasteiger partial charge >= 0.3 is 0 Å². The van der Waals surface area contributed by atoms with E-state index in [4.69, 9.17) is 0 Å². The number of hydrogen-bond acceptors (Lipinski definition) is 2. The summed E-state index contributed by atoms with van der Waals surface area (Å²) in [4.78, 5) is 13.9. The van der Waals surface area contributed by atoms with Gasteiger partial charge in [-0.1, -0.05) is 30.3 Å². The lowest BCUT2D eigenvalue weighted by Gasteiger charge is -2.35. The van der Waals surface area contributed by atoms with Crippen LogP contribution in [0.2, 0.25) is 0 Å². The van der Waals surface area contributed by atoms with E-state index in [1.807, 2.05) is 18.2 Å². The van der Waals surface area contributed by atoms with Crippen molar-refractivity contribution < 1.29 is 9.90 Å². The van der Waals surface area contributed by atoms with E-state index in [9.17, 15) is 9.90 Å². The van der Waals surface area contributed by atoms with Crippen molar-refractivity contribution in [3.05, 3.63) is 59.2 Å². The Morgan fingerprint density at radius 2 is 1.80 bits per heavy atom. The number of likely N-dealkylation sites (tertiary alicyclic amines) is 1. The molecule has 1 heterocycles. The van der Waals surface area contributed by atoms with Crippen LogP contribution < -0.4 is 0 Å². The van der Waals surface area contributed by atoms with E-state index in [2.05, 4.69) is 24.3 Å². The molecular formula is C17H15NO2. The van der Waals surface area contributed by atoms with Crippen LogP contribution in [0.1, 0.15) is 21.5 Å². The Morgan fingerprint density at radius 3 is 2.60 bits per heavy atom. The molecule has 20 heavy (non-hydrogen) atoms. The zero-order valence-corrected chi connectivity index (χ0v) is 11.0. The van der Waals surface area contributed by atoms with Gasteiger partial charge in [0.2, 0.25) is 0 Å². The molecule has 0 spiro atoms. The third-order valence-corrected chi connectivity index (χ3v) is 4.19. The molecular weight excluding hydrogens is 250 g/mol. The molecule has 1 aliphatic heterocycles. The van der Waals surface area contributed by atoms with Crippen molar-refractivity contribution in [3.63, 3.8) is 0 Å². The van der Waals surface area contributed by atoms with Crippen LogP contribution in [-0.2, 0) is 6.42 Å². The van der Waals surface area contributed by atoms with E-state index in [1.54, 1.807) is 4.90 Å². The molecule has 2 aromatic rings. The van der Waals surface area contributed by atoms with Gasteiger partial charge in [0.1, 0.15) is 0 Å². The van der Waals surface area contributed by atoms with Crippen molar-refractivity contribution >= 4 is 5.91 Å². The molecule has 1 saturated heterocycles. The van der Waals surface area contributed by atoms with Gasteiger partial charge in [0.15, 0.2) is 0 Å². The number of aliphatic hydroxyl groups is 1. The Labute approximate surface area is 117 Å². The Morgan fingerprint density at radius 1 is 1.05 bits per heavy atom. The van der Waals surface area contributed by atoms with Crippen LogP contribution in [-0.4, -0.2) is 35.1 Å². The highest BCUT2D eigenvalue weighted by molar-refractivity contribution is 5.96. The number of rotatable bonds is 1. The van der Waals surface area contributed by atoms with Gasteiger partial charge in [0.25, 0.3) is 5.91 Å². The number of β-amino-alcohol motifs (C(OH)–C–C–N with tert-alkyl or cyclic N) is 1. The molecule has 0 saturated carbocycles. The zero-order chi connectivity index (χ0) is 13.7. The monoisotopic (exact) mass is 265 g/mol. The molecule has 0 unspecified atom stereocenters. The lowest BCUT2D eigenvalue weighted by atomic mass is 10.0. The van der Waals surface area contributed by atoms with E-state index in [-0.39, 0.29) is 12.0 Å². The van der Waals surface area contributed by atoms with Crippen LogP contribution in [0.4, 0.5) is 0 Å². The summed E-state index contributed by atoms with van der Waals surface area (Å²) < 4.78 is 0. The van der Waals surface area contributed by atoms with Crippen molar-refractivity contribution in [1.29, 1.82) is 0 Å². The Balaban J connectivity index is 1.67. The van der Waals surface area contributed by atoms with Gasteiger partial charge in [-0.05, 0) is 40.8 Å². The normalized spacial score (nSPS) is 16.6. The summed E-state index contributed by atoms with van der Waals surface area (Å²) in [6.07, 6.45) is 0.549. The molecule has 0 radical (unpaired) electrons. The van der Waals surface area contributed by atoms with E-state index in [0.717, 1.165) is 12.0 Å². The first-order valence-electron chi connectivity index (χ1n) is 6.91. The van der Waals surface area contributed by atoms with Crippen molar-refractivity contribution in [2.75, 3.05) is 13.1 Å². The van der Waals surface area contributed by atoms with Gasteiger partial charge in [-0.2, -0.15) is 0 Å². The van der Waals surface area contributed by atoms with Crippen LogP contribution in [0.25, 0.3) is 11.1 Å². The van der Waals surface area contributed by atoms with Crippen LogP contribution in [0, 0.1) is 0 Å². The number of fused-ring (bicyclic) bond motifs is 3. The number of carbonyl (C=O) groups excluding carboxylic acids is 1. The second-order valence-corrected chi connectivity index (χ2v) is 5.57. The van der Waals surface area contributed by atoms with Gasteiger partial charge < -0.3 is 10.0 Å². The van der Waals surface area contributed by atoms with Crippen molar-refractivity contribution in [1.82, 2.24) is 4.90 Å². The van der Waals surface area contributed by atoms with Gasteiger partial charge in [0.05, 0.1) is 6.10 Å². The standard InChI is InChI=1S/C17H15NO2/c19-14-9-18(10-14)17(20)12-5-6-16-13(8-12)7-11-3-1-2-4-15(11)16/h1-6,8,14,19H,7,9-10H2. The molecule has 0 bridgehead atoms.